The van der Waals surface area contributed by atoms with E-state index in [1.165, 1.54) is 148 Å². The molecule has 2 amide bonds. The summed E-state index contributed by atoms with van der Waals surface area (Å²) in [6.07, 6.45) is 31.8. The fraction of sp³-hybridized carbons (Fsp3) is 0.957. The number of carboxylic acid groups (broad SMARTS) is 1. The molecule has 21 nitrogen and oxygen atoms in total. The van der Waals surface area contributed by atoms with E-state index in [9.17, 15) is 54.3 Å². The first-order valence-electron chi connectivity index (χ1n) is 37.0. The van der Waals surface area contributed by atoms with Crippen molar-refractivity contribution in [2.45, 2.75) is 390 Å². The maximum Gasteiger partial charge on any atom is 0.470 e. The molecule has 0 aliphatic carbocycles. The summed E-state index contributed by atoms with van der Waals surface area (Å²) in [7, 11) is -5.24. The van der Waals surface area contributed by atoms with Crippen LogP contribution < -0.4 is 10.6 Å². The van der Waals surface area contributed by atoms with Gasteiger partial charge in [-0.15, -0.1) is 0 Å². The predicted molar refractivity (Wildman–Crippen MR) is 359 cm³/mol. The Kier molecular flexibility index (Phi) is 52.5. The highest BCUT2D eigenvalue weighted by molar-refractivity contribution is 7.46. The van der Waals surface area contributed by atoms with Gasteiger partial charge in [0.15, 0.2) is 12.6 Å². The molecule has 2 fully saturated rings. The number of rotatable bonds is 63. The number of phosphoric ester groups is 1. The average molecular weight is 1340 g/mol. The highest BCUT2D eigenvalue weighted by Crippen LogP contribution is 2.42. The third kappa shape index (κ3) is 42.7. The van der Waals surface area contributed by atoms with Gasteiger partial charge < -0.3 is 79.1 Å². The van der Waals surface area contributed by atoms with Gasteiger partial charge in [0.1, 0.15) is 55.3 Å². The van der Waals surface area contributed by atoms with E-state index in [0.29, 0.717) is 25.4 Å². The second-order valence-corrected chi connectivity index (χ2v) is 27.6. The quantitative estimate of drug-likeness (QED) is 0.0202. The molecule has 544 valence electrons. The molecule has 0 saturated carbocycles. The van der Waals surface area contributed by atoms with E-state index in [1.54, 1.807) is 0 Å². The summed E-state index contributed by atoms with van der Waals surface area (Å²) < 4.78 is 60.8. The summed E-state index contributed by atoms with van der Waals surface area (Å²) in [5.74, 6) is -2.46. The average Bonchev–Trinajstić information content (AvgIpc) is 0.813. The highest BCUT2D eigenvalue weighted by Gasteiger charge is 2.52. The number of aliphatic hydroxyl groups is 4. The number of carbonyl (C=O) groups is 3. The molecule has 5 unspecified atom stereocenters. The number of nitrogens with one attached hydrogen (secondary N) is 2. The number of unbranched alkanes of at least 4 members (excludes halogenated alkanes) is 32. The molecule has 2 aliphatic rings. The third-order valence-corrected chi connectivity index (χ3v) is 18.6. The van der Waals surface area contributed by atoms with Crippen molar-refractivity contribution in [3.63, 3.8) is 0 Å². The van der Waals surface area contributed by atoms with Crippen molar-refractivity contribution >= 4 is 25.6 Å². The Morgan fingerprint density at radius 2 is 0.913 bits per heavy atom. The van der Waals surface area contributed by atoms with Crippen LogP contribution in [0.15, 0.2) is 0 Å². The molecule has 22 heteroatoms. The predicted octanol–water partition coefficient (Wildman–Crippen LogP) is 13.1. The van der Waals surface area contributed by atoms with E-state index in [4.69, 9.17) is 37.7 Å². The van der Waals surface area contributed by atoms with Gasteiger partial charge in [0.25, 0.3) is 0 Å². The molecule has 13 atom stereocenters. The molecule has 0 aromatic heterocycles. The normalized spacial score (nSPS) is 22.9. The number of aliphatic carboxylic acids is 1. The van der Waals surface area contributed by atoms with Crippen molar-refractivity contribution in [2.24, 2.45) is 0 Å². The van der Waals surface area contributed by atoms with Gasteiger partial charge in [0.2, 0.25) is 11.8 Å². The van der Waals surface area contributed by atoms with Gasteiger partial charge in [-0.1, -0.05) is 246 Å². The summed E-state index contributed by atoms with van der Waals surface area (Å²) in [6, 6.07) is -2.58. The van der Waals surface area contributed by atoms with Crippen LogP contribution in [-0.4, -0.2) is 172 Å². The number of carboxylic acids is 1. The van der Waals surface area contributed by atoms with Crippen LogP contribution in [0.1, 0.15) is 311 Å². The molecule has 0 radical (unpaired) electrons. The number of ether oxygens (including phenoxy) is 7. The molecule has 0 spiro atoms. The minimum atomic E-state index is -5.24. The van der Waals surface area contributed by atoms with Crippen LogP contribution in [0, 0.1) is 0 Å². The van der Waals surface area contributed by atoms with Crippen molar-refractivity contribution < 1.29 is 91.9 Å². The van der Waals surface area contributed by atoms with E-state index in [2.05, 4.69) is 38.3 Å². The van der Waals surface area contributed by atoms with E-state index in [-0.39, 0.29) is 32.5 Å². The minimum absolute atomic E-state index is 0.0754. The van der Waals surface area contributed by atoms with Crippen molar-refractivity contribution in [1.29, 1.82) is 0 Å². The first-order valence-corrected chi connectivity index (χ1v) is 38.6. The Balaban J connectivity index is 2.10. The first kappa shape index (κ1) is 86.2. The molecule has 9 N–H and O–H groups in total. The number of phosphoric acid groups is 1. The Morgan fingerprint density at radius 1 is 0.489 bits per heavy atom. The number of amides is 2. The van der Waals surface area contributed by atoms with Crippen LogP contribution >= 0.6 is 7.82 Å². The summed E-state index contributed by atoms with van der Waals surface area (Å²) >= 11 is 0. The highest BCUT2D eigenvalue weighted by atomic mass is 31.2. The van der Waals surface area contributed by atoms with E-state index < -0.39 is 119 Å². The molecule has 2 heterocycles. The van der Waals surface area contributed by atoms with Crippen molar-refractivity contribution in [3.8, 4) is 0 Å². The lowest BCUT2D eigenvalue weighted by atomic mass is 9.95. The molecule has 2 rings (SSSR count). The zero-order valence-electron chi connectivity index (χ0n) is 58.1. The smallest absolute Gasteiger partial charge is 0.470 e. The Hall–Kier alpha value is -1.92. The van der Waals surface area contributed by atoms with Crippen LogP contribution in [0.25, 0.3) is 0 Å². The summed E-state index contributed by atoms with van der Waals surface area (Å²) in [5.41, 5.74) is 0. The van der Waals surface area contributed by atoms with E-state index >= 15 is 0 Å². The zero-order valence-corrected chi connectivity index (χ0v) is 59.0. The van der Waals surface area contributed by atoms with Gasteiger partial charge >= 0.3 is 13.8 Å². The summed E-state index contributed by atoms with van der Waals surface area (Å²) in [5, 5.41) is 59.9. The van der Waals surface area contributed by atoms with Gasteiger partial charge in [0.05, 0.1) is 31.5 Å². The Morgan fingerprint density at radius 3 is 1.38 bits per heavy atom. The van der Waals surface area contributed by atoms with Crippen molar-refractivity contribution in [3.05, 3.63) is 0 Å². The second-order valence-electron chi connectivity index (χ2n) is 26.4. The number of aliphatic hydroxyl groups excluding tert-OH is 4. The molecule has 0 aromatic carbocycles. The minimum Gasteiger partial charge on any atom is -0.480 e. The third-order valence-electron chi connectivity index (χ3n) is 18.0. The van der Waals surface area contributed by atoms with Gasteiger partial charge in [-0.2, -0.15) is 0 Å². The zero-order chi connectivity index (χ0) is 67.5. The number of hydrogen-bond donors (Lipinski definition) is 9. The summed E-state index contributed by atoms with van der Waals surface area (Å²) in [6.45, 7) is 8.75. The molecule has 0 aromatic rings. The number of carbonyl (C=O) groups excluding carboxylic acids is 2. The fourth-order valence-electron chi connectivity index (χ4n) is 12.5. The van der Waals surface area contributed by atoms with Gasteiger partial charge in [-0.25, -0.2) is 9.36 Å². The van der Waals surface area contributed by atoms with Crippen LogP contribution in [0.5, 0.6) is 0 Å². The van der Waals surface area contributed by atoms with Gasteiger partial charge in [0, 0.05) is 33.2 Å². The van der Waals surface area contributed by atoms with Crippen molar-refractivity contribution in [2.75, 3.05) is 39.6 Å². The van der Waals surface area contributed by atoms with Crippen LogP contribution in [-0.2, 0) is 56.6 Å². The largest absolute Gasteiger partial charge is 0.480 e. The second kappa shape index (κ2) is 56.0. The molecular weight excluding hydrogens is 1200 g/mol. The maximum absolute atomic E-state index is 13.7. The van der Waals surface area contributed by atoms with Crippen molar-refractivity contribution in [1.82, 2.24) is 10.6 Å². The lowest BCUT2D eigenvalue weighted by Crippen LogP contribution is -2.67. The molecule has 2 saturated heterocycles. The Labute approximate surface area is 556 Å². The van der Waals surface area contributed by atoms with E-state index in [0.717, 1.165) is 103 Å². The summed E-state index contributed by atoms with van der Waals surface area (Å²) in [4.78, 5) is 58.7. The molecular formula is C70H135N2O19P. The SMILES string of the molecule is CCCCCCCCCCCC(O)CCO[C@H]1[C@H](O)[C@@H](CO[C@@H]2O[C@H](CO)C(OP(=O)(O)O)[C@H](OCCCCCCCCCCCCCCOC(CC)CCCCCCCCC)C2NC(C)=O)O[C@H](OCC(=O)O)[C@@H]1NC(=O)CCC(O)CCCCCCCCCC. The number of hydrogen-bond acceptors (Lipinski definition) is 16. The van der Waals surface area contributed by atoms with Crippen LogP contribution in [0.2, 0.25) is 0 Å². The van der Waals surface area contributed by atoms with Gasteiger partial charge in [-0.3, -0.25) is 14.1 Å². The van der Waals surface area contributed by atoms with Crippen LogP contribution in [0.3, 0.4) is 0 Å². The first-order chi connectivity index (χ1) is 44.5. The fourth-order valence-corrected chi connectivity index (χ4v) is 13.1. The van der Waals surface area contributed by atoms with Crippen LogP contribution in [0.4, 0.5) is 0 Å². The lowest BCUT2D eigenvalue weighted by Gasteiger charge is -2.47. The molecule has 92 heavy (non-hydrogen) atoms. The molecule has 0 bridgehead atoms. The topological polar surface area (TPSA) is 308 Å². The standard InChI is InChI=1S/C70H135N2O19P/c1-6-10-13-16-19-25-30-34-39-44-57(76)48-51-86-67-63(72-61(77)47-46-56(75)43-38-33-29-20-17-14-11-7-2)69(88-54-62(78)79)90-60(65(67)80)53-87-70-64(71-55(5)74)68(66(59(52-73)89-70)91-92(81,82)83)85-50-42-37-32-27-24-22-21-23-26-31-36-41-49-84-58(9-4)45-40-35-28-18-15-12-8-3/h56-60,63-70,73,75-76,80H,6-54H2,1-5H3,(H,71,74)(H,72,77)(H,78,79)(H2,81,82,83)/t56?,57?,58?,59-,60-,63-,64?,65-,66?,67-,68-,69+,70-/m1/s1. The monoisotopic (exact) mass is 1340 g/mol. The van der Waals surface area contributed by atoms with Gasteiger partial charge in [-0.05, 0) is 51.4 Å². The maximum atomic E-state index is 13.7. The van der Waals surface area contributed by atoms with E-state index in [1.807, 2.05) is 0 Å². The molecule has 2 aliphatic heterocycles. The Bertz CT molecular complexity index is 1820. The lowest BCUT2D eigenvalue weighted by molar-refractivity contribution is -0.307.